The minimum absolute atomic E-state index is 0.447. The van der Waals surface area contributed by atoms with Gasteiger partial charge in [0.25, 0.3) is 0 Å². The molecule has 1 atom stereocenters. The van der Waals surface area contributed by atoms with Crippen molar-refractivity contribution in [3.8, 4) is 0 Å². The molecule has 0 saturated carbocycles. The van der Waals surface area contributed by atoms with Crippen LogP contribution in [-0.4, -0.2) is 68.2 Å². The Hall–Kier alpha value is -0.210. The van der Waals surface area contributed by atoms with E-state index in [2.05, 4.69) is 4.90 Å². The maximum Gasteiger partial charge on any atom is 0.0972 e. The lowest BCUT2D eigenvalue weighted by molar-refractivity contribution is -0.0713. The Bertz CT molecular complexity index is 343. The van der Waals surface area contributed by atoms with E-state index in [1.807, 2.05) is 20.8 Å². The molecule has 0 spiro atoms. The van der Waals surface area contributed by atoms with Crippen LogP contribution in [0.4, 0.5) is 0 Å². The van der Waals surface area contributed by atoms with Crippen LogP contribution in [0.15, 0.2) is 0 Å². The summed E-state index contributed by atoms with van der Waals surface area (Å²) in [7, 11) is -4.28. The predicted octanol–water partition coefficient (Wildman–Crippen LogP) is 0.0475. The highest BCUT2D eigenvalue weighted by atomic mass is 32.2. The molecule has 0 radical (unpaired) electrons. The lowest BCUT2D eigenvalue weighted by Crippen LogP contribution is -2.45. The molecular weight excluding hydrogens is 258 g/mol. The fraction of sp³-hybridized carbons (Fsp3) is 1.00. The van der Waals surface area contributed by atoms with E-state index in [0.29, 0.717) is 19.8 Å². The normalized spacial score (nSPS) is 20.9. The third-order valence-corrected chi connectivity index (χ3v) is 3.26. The highest BCUT2D eigenvalue weighted by molar-refractivity contribution is 7.85. The largest absolute Gasteiger partial charge is 0.748 e. The van der Waals surface area contributed by atoms with Crippen LogP contribution in [-0.2, 0) is 19.6 Å². The average molecular weight is 280 g/mol. The van der Waals surface area contributed by atoms with Gasteiger partial charge in [-0.05, 0) is 20.8 Å². The third-order valence-electron chi connectivity index (χ3n) is 2.48. The maximum absolute atomic E-state index is 10.9. The van der Waals surface area contributed by atoms with Crippen molar-refractivity contribution < 1.29 is 22.4 Å². The Kier molecular flexibility index (Phi) is 5.54. The molecule has 0 bridgehead atoms. The molecule has 108 valence electrons. The first kappa shape index (κ1) is 15.8. The molecule has 1 fully saturated rings. The van der Waals surface area contributed by atoms with E-state index in [1.54, 1.807) is 0 Å². The van der Waals surface area contributed by atoms with Gasteiger partial charge in [-0.25, -0.2) is 8.42 Å². The molecule has 1 rings (SSSR count). The van der Waals surface area contributed by atoms with Gasteiger partial charge in [0, 0.05) is 19.6 Å². The summed E-state index contributed by atoms with van der Waals surface area (Å²) in [5.74, 6) is -0.484. The summed E-state index contributed by atoms with van der Waals surface area (Å²) in [5, 5.41) is 0. The molecular formula is C11H22NO5S-. The third kappa shape index (κ3) is 7.27. The summed E-state index contributed by atoms with van der Waals surface area (Å²) in [4.78, 5) is 2.06. The first-order valence-electron chi connectivity index (χ1n) is 6.07. The fourth-order valence-electron chi connectivity index (χ4n) is 1.92. The summed E-state index contributed by atoms with van der Waals surface area (Å²) < 4.78 is 43.5. The second kappa shape index (κ2) is 6.29. The van der Waals surface area contributed by atoms with Gasteiger partial charge >= 0.3 is 0 Å². The fourth-order valence-corrected chi connectivity index (χ4v) is 2.55. The summed E-state index contributed by atoms with van der Waals surface area (Å²) in [6.45, 7) is 8.72. The van der Waals surface area contributed by atoms with E-state index in [9.17, 15) is 13.0 Å². The van der Waals surface area contributed by atoms with Crippen LogP contribution < -0.4 is 0 Å². The van der Waals surface area contributed by atoms with Gasteiger partial charge in [0.2, 0.25) is 0 Å². The zero-order chi connectivity index (χ0) is 13.8. The smallest absolute Gasteiger partial charge is 0.0972 e. The zero-order valence-corrected chi connectivity index (χ0v) is 12.0. The van der Waals surface area contributed by atoms with E-state index in [4.69, 9.17) is 9.47 Å². The van der Waals surface area contributed by atoms with Crippen molar-refractivity contribution >= 4 is 10.1 Å². The van der Waals surface area contributed by atoms with Gasteiger partial charge in [-0.15, -0.1) is 0 Å². The second-order valence-corrected chi connectivity index (χ2v) is 6.94. The Morgan fingerprint density at radius 1 is 1.33 bits per heavy atom. The molecule has 6 nitrogen and oxygen atoms in total. The molecule has 0 aromatic carbocycles. The molecule has 0 amide bonds. The van der Waals surface area contributed by atoms with Crippen molar-refractivity contribution in [2.75, 3.05) is 38.6 Å². The lowest BCUT2D eigenvalue weighted by atomic mass is 10.2. The highest BCUT2D eigenvalue weighted by Gasteiger charge is 2.24. The molecule has 0 aromatic heterocycles. The molecule has 0 N–H and O–H groups in total. The molecule has 1 heterocycles. The van der Waals surface area contributed by atoms with Gasteiger partial charge in [0.15, 0.2) is 0 Å². The second-order valence-electron chi connectivity index (χ2n) is 5.49. The van der Waals surface area contributed by atoms with Gasteiger partial charge in [-0.1, -0.05) is 0 Å². The Balaban J connectivity index is 2.58. The molecule has 18 heavy (non-hydrogen) atoms. The van der Waals surface area contributed by atoms with E-state index < -0.39 is 27.6 Å². The summed E-state index contributed by atoms with van der Waals surface area (Å²) in [5.41, 5.74) is -0.471. The molecule has 1 aliphatic heterocycles. The Morgan fingerprint density at radius 3 is 2.33 bits per heavy atom. The molecule has 0 aliphatic carbocycles. The Labute approximate surface area is 109 Å². The first-order chi connectivity index (χ1) is 8.16. The predicted molar refractivity (Wildman–Crippen MR) is 66.4 cm³/mol. The minimum Gasteiger partial charge on any atom is -0.748 e. The van der Waals surface area contributed by atoms with Crippen LogP contribution in [0, 0.1) is 0 Å². The van der Waals surface area contributed by atoms with E-state index >= 15 is 0 Å². The van der Waals surface area contributed by atoms with E-state index in [0.717, 1.165) is 13.1 Å². The number of morpholine rings is 1. The molecule has 1 saturated heterocycles. The average Bonchev–Trinajstić information content (AvgIpc) is 2.13. The van der Waals surface area contributed by atoms with Crippen LogP contribution >= 0.6 is 0 Å². The van der Waals surface area contributed by atoms with Crippen molar-refractivity contribution in [2.24, 2.45) is 0 Å². The summed E-state index contributed by atoms with van der Waals surface area (Å²) in [6.07, 6.45) is -0.592. The monoisotopic (exact) mass is 280 g/mol. The van der Waals surface area contributed by atoms with Gasteiger partial charge in [0.05, 0.1) is 40.8 Å². The number of rotatable bonds is 5. The maximum atomic E-state index is 10.9. The Morgan fingerprint density at radius 2 is 1.89 bits per heavy atom. The van der Waals surface area contributed by atoms with Gasteiger partial charge in [0.1, 0.15) is 0 Å². The van der Waals surface area contributed by atoms with Crippen LogP contribution in [0.1, 0.15) is 20.8 Å². The number of ether oxygens (including phenoxy) is 2. The van der Waals surface area contributed by atoms with Crippen LogP contribution in [0.3, 0.4) is 0 Å². The summed E-state index contributed by atoms with van der Waals surface area (Å²) >= 11 is 0. The van der Waals surface area contributed by atoms with Crippen LogP contribution in [0.5, 0.6) is 0 Å². The summed E-state index contributed by atoms with van der Waals surface area (Å²) in [6, 6.07) is 0. The molecule has 1 unspecified atom stereocenters. The number of hydrogen-bond donors (Lipinski definition) is 0. The van der Waals surface area contributed by atoms with Gasteiger partial charge in [-0.3, -0.25) is 4.90 Å². The first-order valence-corrected chi connectivity index (χ1v) is 7.65. The van der Waals surface area contributed by atoms with E-state index in [1.165, 1.54) is 0 Å². The molecule has 1 aliphatic rings. The molecule has 0 aromatic rings. The van der Waals surface area contributed by atoms with E-state index in [-0.39, 0.29) is 0 Å². The van der Waals surface area contributed by atoms with Gasteiger partial charge in [-0.2, -0.15) is 0 Å². The van der Waals surface area contributed by atoms with Gasteiger partial charge < -0.3 is 14.0 Å². The standard InChI is InChI=1S/C11H23NO5S/c1-11(2,3)17-10(9-18(13,14)15)8-12-4-6-16-7-5-12/h10H,4-9H2,1-3H3,(H,13,14,15)/p-1. The zero-order valence-electron chi connectivity index (χ0n) is 11.2. The number of hydrogen-bond acceptors (Lipinski definition) is 6. The SMILES string of the molecule is CC(C)(C)OC(CN1CCOCC1)CS(=O)(=O)[O-]. The number of nitrogens with zero attached hydrogens (tertiary/aromatic N) is 1. The minimum atomic E-state index is -4.28. The highest BCUT2D eigenvalue weighted by Crippen LogP contribution is 2.14. The van der Waals surface area contributed by atoms with Crippen molar-refractivity contribution in [2.45, 2.75) is 32.5 Å². The molecule has 7 heteroatoms. The quantitative estimate of drug-likeness (QED) is 0.662. The van der Waals surface area contributed by atoms with Crippen LogP contribution in [0.25, 0.3) is 0 Å². The van der Waals surface area contributed by atoms with Crippen molar-refractivity contribution in [3.63, 3.8) is 0 Å². The van der Waals surface area contributed by atoms with Crippen molar-refractivity contribution in [1.29, 1.82) is 0 Å². The van der Waals surface area contributed by atoms with Crippen LogP contribution in [0.2, 0.25) is 0 Å². The van der Waals surface area contributed by atoms with Crippen molar-refractivity contribution in [1.82, 2.24) is 4.90 Å². The lowest BCUT2D eigenvalue weighted by Gasteiger charge is -2.34. The van der Waals surface area contributed by atoms with Crippen molar-refractivity contribution in [3.05, 3.63) is 0 Å². The topological polar surface area (TPSA) is 78.9 Å².